The molecule has 1 aliphatic carbocycles. The minimum absolute atomic E-state index is 0. The van der Waals surface area contributed by atoms with Gasteiger partial charge in [-0.15, -0.1) is 13.3 Å². The van der Waals surface area contributed by atoms with E-state index in [1.54, 1.807) is 0 Å². The van der Waals surface area contributed by atoms with Gasteiger partial charge in [0.05, 0.1) is 0 Å². The Balaban J connectivity index is -0.000000103. The molecule has 0 unspecified atom stereocenters. The second kappa shape index (κ2) is 33.1. The summed E-state index contributed by atoms with van der Waals surface area (Å²) in [6.45, 7) is 8.73. The summed E-state index contributed by atoms with van der Waals surface area (Å²) in [6.07, 6.45) is 20.0. The first-order valence-electron chi connectivity index (χ1n) is 9.30. The second-order valence-electron chi connectivity index (χ2n) is 6.08. The Labute approximate surface area is 193 Å². The van der Waals surface area contributed by atoms with Crippen LogP contribution in [0.25, 0.3) is 5.73 Å². The molecular weight excluding hydrogens is 417 g/mol. The van der Waals surface area contributed by atoms with E-state index in [0.717, 1.165) is 28.8 Å². The van der Waals surface area contributed by atoms with Gasteiger partial charge in [-0.2, -0.15) is 6.08 Å². The van der Waals surface area contributed by atoms with Crippen molar-refractivity contribution in [1.29, 1.82) is 0 Å². The summed E-state index contributed by atoms with van der Waals surface area (Å²) in [5, 5.41) is 0. The van der Waals surface area contributed by atoms with Crippen LogP contribution >= 0.6 is 0 Å². The molecule has 0 aromatic heterocycles. The van der Waals surface area contributed by atoms with Gasteiger partial charge in [-0.3, -0.25) is 6.08 Å². The smallest absolute Gasteiger partial charge is 1.00 e. The molecule has 0 heterocycles. The minimum atomic E-state index is -0.409. The summed E-state index contributed by atoms with van der Waals surface area (Å²) in [5.41, 5.74) is 8.07. The van der Waals surface area contributed by atoms with Gasteiger partial charge in [0.2, 0.25) is 0 Å². The van der Waals surface area contributed by atoms with Crippen molar-refractivity contribution in [3.05, 3.63) is 29.5 Å². The Bertz CT molecular complexity index is 324. The molecular formula is C20H38Cl2NOSiTi. The fourth-order valence-corrected chi connectivity index (χ4v) is 2.09. The number of unbranched alkanes of at least 4 members (excludes halogenated alkanes) is 8. The van der Waals surface area contributed by atoms with Crippen molar-refractivity contribution >= 4 is 15.4 Å². The number of allylic oxidation sites excluding steroid dienone is 4. The van der Waals surface area contributed by atoms with Crippen LogP contribution < -0.4 is 24.8 Å². The zero-order chi connectivity index (χ0) is 17.8. The molecule has 0 bridgehead atoms. The summed E-state index contributed by atoms with van der Waals surface area (Å²) in [4.78, 5) is 10.3. The van der Waals surface area contributed by atoms with Crippen molar-refractivity contribution < 1.29 is 51.3 Å². The molecule has 151 valence electrons. The minimum Gasteiger partial charge on any atom is -1.00 e. The van der Waals surface area contributed by atoms with Gasteiger partial charge in [0.15, 0.2) is 0 Å². The molecule has 0 atom stereocenters. The molecule has 0 spiro atoms. The van der Waals surface area contributed by atoms with Crippen molar-refractivity contribution in [3.8, 4) is 0 Å². The van der Waals surface area contributed by atoms with E-state index in [0.29, 0.717) is 6.42 Å². The van der Waals surface area contributed by atoms with Crippen LogP contribution in [-0.2, 0) is 26.5 Å². The Morgan fingerprint density at radius 2 is 1.46 bits per heavy atom. The van der Waals surface area contributed by atoms with Gasteiger partial charge in [0.1, 0.15) is 0 Å². The van der Waals surface area contributed by atoms with E-state index in [4.69, 9.17) is 5.73 Å². The maximum atomic E-state index is 10.3. The van der Waals surface area contributed by atoms with Gasteiger partial charge in [-0.25, -0.2) is 11.6 Å². The van der Waals surface area contributed by atoms with Gasteiger partial charge in [0, 0.05) is 15.4 Å². The number of carbonyl (C=O) groups is 1. The standard InChI is InChI=1S/C12H25NO.C6H7.C2H7Si.2ClH.Ti/c1-2-3-4-5-6-7-8-9-10-11-12(13)14;1-6-4-2-3-5-6;1-3-2;;;/h2-11H2,1H3,(H2,13,14);4-5H,2H2,1H3;3H,1-2H3;2*1H;/q;-1;;;;+4/p-3. The number of nitrogens with one attached hydrogen (secondary N) is 1. The summed E-state index contributed by atoms with van der Waals surface area (Å²) in [7, 11) is 0.750. The molecule has 26 heavy (non-hydrogen) atoms. The third kappa shape index (κ3) is 39.5. The number of halogens is 2. The van der Waals surface area contributed by atoms with Crippen molar-refractivity contribution in [3.63, 3.8) is 0 Å². The third-order valence-electron chi connectivity index (χ3n) is 3.38. The number of rotatable bonds is 10. The molecule has 0 fully saturated rings. The topological polar surface area (TPSA) is 40.9 Å². The van der Waals surface area contributed by atoms with Gasteiger partial charge in [-0.1, -0.05) is 71.4 Å². The fourth-order valence-electron chi connectivity index (χ4n) is 2.09. The molecule has 1 radical (unpaired) electrons. The van der Waals surface area contributed by atoms with Crippen molar-refractivity contribution in [1.82, 2.24) is 0 Å². The monoisotopic (exact) mass is 454 g/mol. The molecule has 2 nitrogen and oxygen atoms in total. The third-order valence-corrected chi connectivity index (χ3v) is 3.38. The Morgan fingerprint density at radius 3 is 1.73 bits per heavy atom. The maximum absolute atomic E-state index is 10.3. The predicted octanol–water partition coefficient (Wildman–Crippen LogP) is 0.706. The zero-order valence-corrected chi connectivity index (χ0v) is 21.4. The van der Waals surface area contributed by atoms with Crippen LogP contribution in [0.5, 0.6) is 0 Å². The summed E-state index contributed by atoms with van der Waals surface area (Å²) >= 11 is 0. The normalized spacial score (nSPS) is 10.5. The van der Waals surface area contributed by atoms with Crippen LogP contribution in [0.2, 0.25) is 13.1 Å². The van der Waals surface area contributed by atoms with E-state index < -0.39 is 5.91 Å². The molecule has 6 heteroatoms. The van der Waals surface area contributed by atoms with Gasteiger partial charge in [0.25, 0.3) is 0 Å². The number of hydrogen-bond acceptors (Lipinski definition) is 1. The molecule has 0 saturated carbocycles. The van der Waals surface area contributed by atoms with E-state index in [9.17, 15) is 4.79 Å². The van der Waals surface area contributed by atoms with Crippen LogP contribution in [0.4, 0.5) is 0 Å². The second-order valence-corrected chi connectivity index (χ2v) is 7.23. The van der Waals surface area contributed by atoms with Crippen LogP contribution in [0.15, 0.2) is 17.7 Å². The summed E-state index contributed by atoms with van der Waals surface area (Å²) in [6, 6.07) is 0. The van der Waals surface area contributed by atoms with Gasteiger partial charge in [-0.05, 0) is 12.8 Å². The number of hydrogen-bond donors (Lipinski definition) is 0. The molecule has 0 aromatic rings. The van der Waals surface area contributed by atoms with Crippen molar-refractivity contribution in [2.24, 2.45) is 0 Å². The van der Waals surface area contributed by atoms with Crippen LogP contribution in [0, 0.1) is 6.08 Å². The van der Waals surface area contributed by atoms with Crippen LogP contribution in [0.3, 0.4) is 0 Å². The summed E-state index contributed by atoms with van der Waals surface area (Å²) in [5.74, 6) is -0.409. The average Bonchev–Trinajstić information content (AvgIpc) is 2.98. The van der Waals surface area contributed by atoms with Gasteiger partial charge < -0.3 is 35.3 Å². The average molecular weight is 455 g/mol. The van der Waals surface area contributed by atoms with Crippen molar-refractivity contribution in [2.75, 3.05) is 0 Å². The van der Waals surface area contributed by atoms with E-state index in [2.05, 4.69) is 39.1 Å². The fraction of sp³-hybridized carbons (Fsp3) is 0.750. The number of carbonyl (C=O) groups excluding carboxylic acids is 1. The van der Waals surface area contributed by atoms with E-state index >= 15 is 0 Å². The zero-order valence-electron chi connectivity index (χ0n) is 17.2. The molecule has 0 saturated heterocycles. The Kier molecular flexibility index (Phi) is 47.4. The molecule has 0 aliphatic heterocycles. The molecule has 0 aromatic carbocycles. The molecule has 1 amide bonds. The first-order valence-corrected chi connectivity index (χ1v) is 11.6. The summed E-state index contributed by atoms with van der Waals surface area (Å²) < 4.78 is 0. The van der Waals surface area contributed by atoms with E-state index in [-0.39, 0.29) is 46.5 Å². The maximum Gasteiger partial charge on any atom is 4.00 e. The van der Waals surface area contributed by atoms with E-state index in [1.165, 1.54) is 50.5 Å². The Hall–Kier alpha value is 0.461. The van der Waals surface area contributed by atoms with Crippen LogP contribution in [0.1, 0.15) is 84.5 Å². The van der Waals surface area contributed by atoms with Crippen molar-refractivity contribution in [2.45, 2.75) is 97.6 Å². The molecule has 1 aliphatic rings. The molecule has 1 rings (SSSR count). The quantitative estimate of drug-likeness (QED) is 0.272. The van der Waals surface area contributed by atoms with E-state index in [1.807, 2.05) is 6.08 Å². The number of amides is 1. The molecule has 1 N–H and O–H groups in total. The largest absolute Gasteiger partial charge is 4.00 e. The first kappa shape index (κ1) is 37.2. The van der Waals surface area contributed by atoms with Gasteiger partial charge >= 0.3 is 21.7 Å². The Morgan fingerprint density at radius 1 is 1.04 bits per heavy atom. The first-order chi connectivity index (χ1) is 11.1. The SMILES string of the molecule is CC1=CC[C-]=C1.CCCCCCCCCCCC([NH-])=O.C[SiH]C.[Cl-].[Cl-].[Ti+4]. The predicted molar refractivity (Wildman–Crippen MR) is 106 cm³/mol. The van der Waals surface area contributed by atoms with Crippen LogP contribution in [-0.4, -0.2) is 15.4 Å².